The van der Waals surface area contributed by atoms with Crippen LogP contribution in [0.4, 0.5) is 0 Å². The molecule has 20 heavy (non-hydrogen) atoms. The Morgan fingerprint density at radius 1 is 1.25 bits per heavy atom. The molecule has 0 bridgehead atoms. The maximum atomic E-state index is 12.1. The first kappa shape index (κ1) is 14.1. The van der Waals surface area contributed by atoms with Gasteiger partial charge in [0.1, 0.15) is 5.56 Å². The highest BCUT2D eigenvalue weighted by Crippen LogP contribution is 2.19. The number of carbonyl (C=O) groups is 1. The number of rotatable bonds is 3. The lowest BCUT2D eigenvalue weighted by molar-refractivity contribution is 0.0938. The second-order valence-corrected chi connectivity index (χ2v) is 4.97. The minimum atomic E-state index is -0.377. The van der Waals surface area contributed by atoms with Crippen LogP contribution in [0.15, 0.2) is 41.3 Å². The Balaban J connectivity index is 2.22. The van der Waals surface area contributed by atoms with Crippen molar-refractivity contribution in [2.45, 2.75) is 26.8 Å². The van der Waals surface area contributed by atoms with E-state index in [9.17, 15) is 9.59 Å². The second kappa shape index (κ2) is 5.74. The Morgan fingerprint density at radius 3 is 2.70 bits per heavy atom. The van der Waals surface area contributed by atoms with E-state index in [-0.39, 0.29) is 23.1 Å². The largest absolute Gasteiger partial charge is 0.345 e. The van der Waals surface area contributed by atoms with Crippen molar-refractivity contribution in [1.82, 2.24) is 10.3 Å². The van der Waals surface area contributed by atoms with E-state index in [1.807, 2.05) is 32.9 Å². The zero-order valence-corrected chi connectivity index (χ0v) is 11.9. The predicted molar refractivity (Wildman–Crippen MR) is 78.9 cm³/mol. The van der Waals surface area contributed by atoms with Crippen LogP contribution in [-0.4, -0.2) is 10.9 Å². The van der Waals surface area contributed by atoms with Crippen molar-refractivity contribution in [3.8, 4) is 0 Å². The highest BCUT2D eigenvalue weighted by Gasteiger charge is 2.15. The molecule has 1 aromatic heterocycles. The van der Waals surface area contributed by atoms with Gasteiger partial charge in [0, 0.05) is 6.20 Å². The Morgan fingerprint density at radius 2 is 2.00 bits per heavy atom. The summed E-state index contributed by atoms with van der Waals surface area (Å²) in [5.74, 6) is -0.361. The SMILES string of the molecule is Cc1ccc(C)c([C@H](C)NC(=O)c2ccc[nH]c2=O)c1. The van der Waals surface area contributed by atoms with Gasteiger partial charge in [0.15, 0.2) is 0 Å². The molecule has 0 radical (unpaired) electrons. The lowest BCUT2D eigenvalue weighted by Crippen LogP contribution is -2.31. The first-order valence-electron chi connectivity index (χ1n) is 6.54. The van der Waals surface area contributed by atoms with Crippen LogP contribution in [0.5, 0.6) is 0 Å². The molecular formula is C16H18N2O2. The van der Waals surface area contributed by atoms with Crippen molar-refractivity contribution in [2.75, 3.05) is 0 Å². The lowest BCUT2D eigenvalue weighted by Gasteiger charge is -2.17. The van der Waals surface area contributed by atoms with E-state index in [1.165, 1.54) is 12.3 Å². The maximum absolute atomic E-state index is 12.1. The molecule has 2 rings (SSSR count). The molecule has 0 unspecified atom stereocenters. The van der Waals surface area contributed by atoms with E-state index in [2.05, 4.69) is 16.4 Å². The number of aromatic nitrogens is 1. The van der Waals surface area contributed by atoms with Crippen LogP contribution in [0.2, 0.25) is 0 Å². The Kier molecular flexibility index (Phi) is 4.03. The summed E-state index contributed by atoms with van der Waals surface area (Å²) in [6.07, 6.45) is 1.51. The summed E-state index contributed by atoms with van der Waals surface area (Å²) in [5, 5.41) is 2.86. The highest BCUT2D eigenvalue weighted by molar-refractivity contribution is 5.94. The molecule has 2 aromatic rings. The summed E-state index contributed by atoms with van der Waals surface area (Å²) in [6, 6.07) is 9.12. The van der Waals surface area contributed by atoms with Gasteiger partial charge in [0.2, 0.25) is 0 Å². The first-order valence-corrected chi connectivity index (χ1v) is 6.54. The molecule has 1 atom stereocenters. The van der Waals surface area contributed by atoms with Crippen LogP contribution < -0.4 is 10.9 Å². The first-order chi connectivity index (χ1) is 9.49. The topological polar surface area (TPSA) is 62.0 Å². The zero-order valence-electron chi connectivity index (χ0n) is 11.9. The summed E-state index contributed by atoms with van der Waals surface area (Å²) >= 11 is 0. The van der Waals surface area contributed by atoms with Gasteiger partial charge < -0.3 is 10.3 Å². The fraction of sp³-hybridized carbons (Fsp3) is 0.250. The number of aryl methyl sites for hydroxylation is 2. The molecule has 1 amide bonds. The molecule has 1 heterocycles. The van der Waals surface area contributed by atoms with Gasteiger partial charge in [-0.15, -0.1) is 0 Å². The summed E-state index contributed by atoms with van der Waals surface area (Å²) in [7, 11) is 0. The molecule has 0 fully saturated rings. The number of carbonyl (C=O) groups excluding carboxylic acids is 1. The molecule has 4 heteroatoms. The van der Waals surface area contributed by atoms with Crippen molar-refractivity contribution in [3.05, 3.63) is 69.1 Å². The highest BCUT2D eigenvalue weighted by atomic mass is 16.2. The van der Waals surface area contributed by atoms with E-state index in [0.717, 1.165) is 16.7 Å². The van der Waals surface area contributed by atoms with Gasteiger partial charge in [-0.2, -0.15) is 0 Å². The number of hydrogen-bond acceptors (Lipinski definition) is 2. The van der Waals surface area contributed by atoms with Crippen LogP contribution in [0.25, 0.3) is 0 Å². The third kappa shape index (κ3) is 2.96. The summed E-state index contributed by atoms with van der Waals surface area (Å²) in [5.41, 5.74) is 3.07. The number of nitrogens with one attached hydrogen (secondary N) is 2. The van der Waals surface area contributed by atoms with Crippen LogP contribution >= 0.6 is 0 Å². The van der Waals surface area contributed by atoms with Crippen LogP contribution in [0.3, 0.4) is 0 Å². The fourth-order valence-electron chi connectivity index (χ4n) is 2.18. The normalized spacial score (nSPS) is 11.9. The van der Waals surface area contributed by atoms with Crippen LogP contribution in [0, 0.1) is 13.8 Å². The van der Waals surface area contributed by atoms with Crippen LogP contribution in [-0.2, 0) is 0 Å². The van der Waals surface area contributed by atoms with Crippen molar-refractivity contribution in [3.63, 3.8) is 0 Å². The molecule has 0 aliphatic carbocycles. The minimum absolute atomic E-state index is 0.129. The van der Waals surface area contributed by atoms with Crippen LogP contribution in [0.1, 0.15) is 40.0 Å². The van der Waals surface area contributed by atoms with Gasteiger partial charge in [-0.3, -0.25) is 9.59 Å². The standard InChI is InChI=1S/C16H18N2O2/c1-10-6-7-11(2)14(9-10)12(3)18-16(20)13-5-4-8-17-15(13)19/h4-9,12H,1-3H3,(H,17,19)(H,18,20)/t12-/m0/s1. The van der Waals surface area contributed by atoms with E-state index >= 15 is 0 Å². The number of H-pyrrole nitrogens is 1. The van der Waals surface area contributed by atoms with E-state index < -0.39 is 0 Å². The second-order valence-electron chi connectivity index (χ2n) is 4.97. The van der Waals surface area contributed by atoms with Crippen molar-refractivity contribution >= 4 is 5.91 Å². The molecule has 4 nitrogen and oxygen atoms in total. The van der Waals surface area contributed by atoms with Gasteiger partial charge in [-0.1, -0.05) is 23.8 Å². The van der Waals surface area contributed by atoms with Gasteiger partial charge in [0.05, 0.1) is 6.04 Å². The van der Waals surface area contributed by atoms with Crippen molar-refractivity contribution in [2.24, 2.45) is 0 Å². The molecule has 0 spiro atoms. The number of amides is 1. The van der Waals surface area contributed by atoms with Gasteiger partial charge in [-0.25, -0.2) is 0 Å². The molecule has 0 saturated carbocycles. The average Bonchev–Trinajstić information content (AvgIpc) is 2.41. The van der Waals surface area contributed by atoms with E-state index in [1.54, 1.807) is 6.07 Å². The molecule has 1 aromatic carbocycles. The van der Waals surface area contributed by atoms with Crippen molar-refractivity contribution in [1.29, 1.82) is 0 Å². The average molecular weight is 270 g/mol. The molecule has 0 aliphatic heterocycles. The monoisotopic (exact) mass is 270 g/mol. The number of benzene rings is 1. The van der Waals surface area contributed by atoms with Gasteiger partial charge in [0.25, 0.3) is 11.5 Å². The van der Waals surface area contributed by atoms with E-state index in [4.69, 9.17) is 0 Å². The third-order valence-corrected chi connectivity index (χ3v) is 3.31. The Hall–Kier alpha value is -2.36. The predicted octanol–water partition coefficient (Wildman–Crippen LogP) is 2.48. The smallest absolute Gasteiger partial charge is 0.260 e. The molecule has 0 aliphatic rings. The Bertz CT molecular complexity index is 689. The Labute approximate surface area is 117 Å². The summed E-state index contributed by atoms with van der Waals surface area (Å²) < 4.78 is 0. The summed E-state index contributed by atoms with van der Waals surface area (Å²) in [6.45, 7) is 5.93. The maximum Gasteiger partial charge on any atom is 0.260 e. The minimum Gasteiger partial charge on any atom is -0.345 e. The molecule has 104 valence electrons. The molecule has 2 N–H and O–H groups in total. The quantitative estimate of drug-likeness (QED) is 0.900. The van der Waals surface area contributed by atoms with Gasteiger partial charge in [-0.05, 0) is 44.0 Å². The molecular weight excluding hydrogens is 252 g/mol. The fourth-order valence-corrected chi connectivity index (χ4v) is 2.18. The van der Waals surface area contributed by atoms with E-state index in [0.29, 0.717) is 0 Å². The number of aromatic amines is 1. The number of hydrogen-bond donors (Lipinski definition) is 2. The third-order valence-electron chi connectivity index (χ3n) is 3.31. The van der Waals surface area contributed by atoms with Gasteiger partial charge >= 0.3 is 0 Å². The lowest BCUT2D eigenvalue weighted by atomic mass is 10.00. The molecule has 0 saturated heterocycles. The summed E-state index contributed by atoms with van der Waals surface area (Å²) in [4.78, 5) is 26.2. The number of pyridine rings is 1. The zero-order chi connectivity index (χ0) is 14.7. The van der Waals surface area contributed by atoms with Crippen molar-refractivity contribution < 1.29 is 4.79 Å².